The number of nitrogens with zero attached hydrogens (tertiary/aromatic N) is 1. The van der Waals surface area contributed by atoms with Crippen LogP contribution in [0.4, 0.5) is 0 Å². The fraction of sp³-hybridized carbons (Fsp3) is 0.500. The zero-order valence-corrected chi connectivity index (χ0v) is 19.1. The van der Waals surface area contributed by atoms with Gasteiger partial charge in [-0.2, -0.15) is 0 Å². The number of ether oxygens (including phenoxy) is 1. The molecule has 1 saturated heterocycles. The van der Waals surface area contributed by atoms with E-state index in [1.54, 1.807) is 7.11 Å². The lowest BCUT2D eigenvalue weighted by atomic mass is 9.66. The van der Waals surface area contributed by atoms with Crippen LogP contribution in [0.1, 0.15) is 42.7 Å². The zero-order valence-electron chi connectivity index (χ0n) is 18.3. The molecular weight excluding hydrogens is 408 g/mol. The number of halogens is 1. The van der Waals surface area contributed by atoms with E-state index in [1.165, 1.54) is 11.1 Å². The molecule has 0 spiro atoms. The van der Waals surface area contributed by atoms with Gasteiger partial charge < -0.3 is 15.0 Å². The minimum atomic E-state index is 0.225. The first kappa shape index (κ1) is 22.3. The SMILES string of the molecule is COCCN1C(=O)C[C@H](c2ccc(Cl)cc2)[C@H]2[C@@H](NCCc3ccccc3)CCC[C@H]21. The Morgan fingerprint density at radius 2 is 1.87 bits per heavy atom. The third-order valence-corrected chi connectivity index (χ3v) is 7.25. The molecule has 2 aliphatic rings. The maximum atomic E-state index is 13.1. The lowest BCUT2D eigenvalue weighted by molar-refractivity contribution is -0.143. The lowest BCUT2D eigenvalue weighted by Gasteiger charge is -2.51. The number of carbonyl (C=O) groups is 1. The molecule has 2 fully saturated rings. The van der Waals surface area contributed by atoms with Crippen LogP contribution in [0.5, 0.6) is 0 Å². The average Bonchev–Trinajstić information content (AvgIpc) is 2.79. The van der Waals surface area contributed by atoms with Gasteiger partial charge in [-0.1, -0.05) is 54.1 Å². The molecule has 5 heteroatoms. The van der Waals surface area contributed by atoms with Gasteiger partial charge >= 0.3 is 0 Å². The predicted octanol–water partition coefficient (Wildman–Crippen LogP) is 4.67. The summed E-state index contributed by atoms with van der Waals surface area (Å²) < 4.78 is 5.31. The maximum absolute atomic E-state index is 13.1. The van der Waals surface area contributed by atoms with E-state index in [4.69, 9.17) is 16.3 Å². The van der Waals surface area contributed by atoms with E-state index < -0.39 is 0 Å². The number of benzene rings is 2. The van der Waals surface area contributed by atoms with E-state index in [9.17, 15) is 4.79 Å². The van der Waals surface area contributed by atoms with Gasteiger partial charge in [0.15, 0.2) is 0 Å². The molecular formula is C26H33ClN2O2. The van der Waals surface area contributed by atoms with Crippen molar-refractivity contribution in [2.45, 2.75) is 50.1 Å². The van der Waals surface area contributed by atoms with E-state index in [0.717, 1.165) is 37.3 Å². The van der Waals surface area contributed by atoms with Crippen molar-refractivity contribution in [3.63, 3.8) is 0 Å². The number of methoxy groups -OCH3 is 1. The van der Waals surface area contributed by atoms with Gasteiger partial charge in [-0.3, -0.25) is 4.79 Å². The number of hydrogen-bond donors (Lipinski definition) is 1. The van der Waals surface area contributed by atoms with Crippen LogP contribution in [0.3, 0.4) is 0 Å². The highest BCUT2D eigenvalue weighted by Crippen LogP contribution is 2.44. The van der Waals surface area contributed by atoms with Crippen molar-refractivity contribution in [3.8, 4) is 0 Å². The van der Waals surface area contributed by atoms with E-state index in [0.29, 0.717) is 31.5 Å². The van der Waals surface area contributed by atoms with Gasteiger partial charge in [-0.05, 0) is 61.4 Å². The van der Waals surface area contributed by atoms with Crippen molar-refractivity contribution >= 4 is 17.5 Å². The molecule has 166 valence electrons. The number of rotatable bonds is 8. The summed E-state index contributed by atoms with van der Waals surface area (Å²) in [7, 11) is 1.71. The molecule has 1 aliphatic heterocycles. The molecule has 1 amide bonds. The number of carbonyl (C=O) groups excluding carboxylic acids is 1. The van der Waals surface area contributed by atoms with Gasteiger partial charge in [0.2, 0.25) is 5.91 Å². The standard InChI is InChI=1S/C26H33ClN2O2/c1-31-17-16-29-24-9-5-8-23(28-15-14-19-6-3-2-4-7-19)26(24)22(18-25(29)30)20-10-12-21(27)13-11-20/h2-4,6-7,10-13,22-24,26,28H,5,8-9,14-18H2,1H3/t22-,23+,24-,26+/m1/s1. The van der Waals surface area contributed by atoms with Crippen LogP contribution >= 0.6 is 11.6 Å². The lowest BCUT2D eigenvalue weighted by Crippen LogP contribution is -2.60. The van der Waals surface area contributed by atoms with Crippen molar-refractivity contribution in [1.82, 2.24) is 10.2 Å². The van der Waals surface area contributed by atoms with E-state index in [2.05, 4.69) is 52.7 Å². The Morgan fingerprint density at radius 3 is 2.61 bits per heavy atom. The molecule has 2 aromatic carbocycles. The number of piperidine rings is 1. The molecule has 4 rings (SSSR count). The number of likely N-dealkylation sites (tertiary alicyclic amines) is 1. The topological polar surface area (TPSA) is 41.6 Å². The third kappa shape index (κ3) is 5.31. The number of fused-ring (bicyclic) bond motifs is 1. The fourth-order valence-electron chi connectivity index (χ4n) is 5.55. The minimum Gasteiger partial charge on any atom is -0.383 e. The molecule has 2 aromatic rings. The molecule has 31 heavy (non-hydrogen) atoms. The quantitative estimate of drug-likeness (QED) is 0.648. The smallest absolute Gasteiger partial charge is 0.223 e. The van der Waals surface area contributed by atoms with Crippen molar-refractivity contribution < 1.29 is 9.53 Å². The van der Waals surface area contributed by atoms with Gasteiger partial charge in [0.05, 0.1) is 6.61 Å². The van der Waals surface area contributed by atoms with Crippen molar-refractivity contribution in [3.05, 3.63) is 70.7 Å². The van der Waals surface area contributed by atoms with Gasteiger partial charge in [-0.15, -0.1) is 0 Å². The number of amides is 1. The van der Waals surface area contributed by atoms with Crippen molar-refractivity contribution in [2.24, 2.45) is 5.92 Å². The molecule has 1 heterocycles. The fourth-order valence-corrected chi connectivity index (χ4v) is 5.68. The monoisotopic (exact) mass is 440 g/mol. The highest BCUT2D eigenvalue weighted by atomic mass is 35.5. The maximum Gasteiger partial charge on any atom is 0.223 e. The van der Waals surface area contributed by atoms with Crippen LogP contribution in [0, 0.1) is 5.92 Å². The molecule has 0 bridgehead atoms. The number of hydrogen-bond acceptors (Lipinski definition) is 3. The van der Waals surface area contributed by atoms with Gasteiger partial charge in [0, 0.05) is 43.1 Å². The molecule has 1 aliphatic carbocycles. The molecule has 4 nitrogen and oxygen atoms in total. The summed E-state index contributed by atoms with van der Waals surface area (Å²) in [6.45, 7) is 2.23. The van der Waals surface area contributed by atoms with Crippen LogP contribution in [-0.4, -0.2) is 49.7 Å². The first-order chi connectivity index (χ1) is 15.2. The summed E-state index contributed by atoms with van der Waals surface area (Å²) in [4.78, 5) is 15.2. The summed E-state index contributed by atoms with van der Waals surface area (Å²) in [6, 6.07) is 19.4. The summed E-state index contributed by atoms with van der Waals surface area (Å²) >= 11 is 6.15. The summed E-state index contributed by atoms with van der Waals surface area (Å²) in [6.07, 6.45) is 4.96. The normalized spacial score (nSPS) is 26.0. The third-order valence-electron chi connectivity index (χ3n) is 7.00. The van der Waals surface area contributed by atoms with Crippen LogP contribution in [0.15, 0.2) is 54.6 Å². The van der Waals surface area contributed by atoms with Crippen LogP contribution in [0.2, 0.25) is 5.02 Å². The Kier molecular flexibility index (Phi) is 7.65. The largest absolute Gasteiger partial charge is 0.383 e. The molecule has 1 N–H and O–H groups in total. The van der Waals surface area contributed by atoms with Crippen molar-refractivity contribution in [1.29, 1.82) is 0 Å². The molecule has 0 radical (unpaired) electrons. The van der Waals surface area contributed by atoms with Gasteiger partial charge in [-0.25, -0.2) is 0 Å². The predicted molar refractivity (Wildman–Crippen MR) is 125 cm³/mol. The molecule has 0 unspecified atom stereocenters. The summed E-state index contributed by atoms with van der Waals surface area (Å²) in [5, 5.41) is 4.62. The zero-order chi connectivity index (χ0) is 21.6. The van der Waals surface area contributed by atoms with Crippen LogP contribution in [0.25, 0.3) is 0 Å². The summed E-state index contributed by atoms with van der Waals surface area (Å²) in [5.74, 6) is 0.881. The van der Waals surface area contributed by atoms with Gasteiger partial charge in [0.25, 0.3) is 0 Å². The van der Waals surface area contributed by atoms with Gasteiger partial charge in [0.1, 0.15) is 0 Å². The molecule has 1 saturated carbocycles. The Bertz CT molecular complexity index is 842. The van der Waals surface area contributed by atoms with Crippen molar-refractivity contribution in [2.75, 3.05) is 26.8 Å². The Morgan fingerprint density at radius 1 is 1.10 bits per heavy atom. The average molecular weight is 441 g/mol. The Hall–Kier alpha value is -1.88. The molecule has 0 aromatic heterocycles. The Labute approximate surface area is 190 Å². The van der Waals surface area contributed by atoms with Crippen LogP contribution < -0.4 is 5.32 Å². The van der Waals surface area contributed by atoms with E-state index in [1.807, 2.05) is 12.1 Å². The highest BCUT2D eigenvalue weighted by molar-refractivity contribution is 6.30. The van der Waals surface area contributed by atoms with E-state index >= 15 is 0 Å². The van der Waals surface area contributed by atoms with E-state index in [-0.39, 0.29) is 17.9 Å². The van der Waals surface area contributed by atoms with Crippen LogP contribution in [-0.2, 0) is 16.0 Å². The second kappa shape index (κ2) is 10.6. The Balaban J connectivity index is 1.54. The second-order valence-electron chi connectivity index (χ2n) is 8.81. The number of nitrogens with one attached hydrogen (secondary N) is 1. The highest BCUT2D eigenvalue weighted by Gasteiger charge is 2.47. The first-order valence-corrected chi connectivity index (χ1v) is 11.9. The molecule has 4 atom stereocenters. The first-order valence-electron chi connectivity index (χ1n) is 11.5. The second-order valence-corrected chi connectivity index (χ2v) is 9.25. The summed E-state index contributed by atoms with van der Waals surface area (Å²) in [5.41, 5.74) is 2.59. The minimum absolute atomic E-state index is 0.225.